The van der Waals surface area contributed by atoms with E-state index in [4.69, 9.17) is 14.2 Å². The minimum absolute atomic E-state index is 0.0165. The third-order valence-corrected chi connectivity index (χ3v) is 10.4. The molecule has 0 aromatic carbocycles. The lowest BCUT2D eigenvalue weighted by molar-refractivity contribution is -0.176. The zero-order valence-corrected chi connectivity index (χ0v) is 30.0. The van der Waals surface area contributed by atoms with E-state index in [0.29, 0.717) is 26.1 Å². The quantitative estimate of drug-likeness (QED) is 0.0544. The SMILES string of the molecule is CCCCCCCCCCCCCCCCOC(=O)C1CC2CCC1(C(=O)OCCCCCCCCCCCCCCCC)O2. The Bertz CT molecular complexity index is 723. The van der Waals surface area contributed by atoms with E-state index in [9.17, 15) is 9.59 Å². The van der Waals surface area contributed by atoms with Gasteiger partial charge >= 0.3 is 11.9 Å². The van der Waals surface area contributed by atoms with Crippen molar-refractivity contribution in [2.75, 3.05) is 13.2 Å². The van der Waals surface area contributed by atoms with Crippen LogP contribution in [0.15, 0.2) is 0 Å². The molecule has 3 unspecified atom stereocenters. The monoisotopic (exact) mass is 635 g/mol. The van der Waals surface area contributed by atoms with Crippen LogP contribution in [0.4, 0.5) is 0 Å². The molecule has 0 saturated carbocycles. The largest absolute Gasteiger partial charge is 0.465 e. The Morgan fingerprint density at radius 1 is 0.533 bits per heavy atom. The molecule has 2 aliphatic heterocycles. The lowest BCUT2D eigenvalue weighted by Crippen LogP contribution is -2.47. The number of rotatable bonds is 32. The summed E-state index contributed by atoms with van der Waals surface area (Å²) in [5, 5.41) is 0. The first-order valence-electron chi connectivity index (χ1n) is 20.2. The van der Waals surface area contributed by atoms with Gasteiger partial charge in [0.15, 0.2) is 5.60 Å². The van der Waals surface area contributed by atoms with Crippen molar-refractivity contribution in [3.8, 4) is 0 Å². The molecule has 0 aromatic rings. The van der Waals surface area contributed by atoms with Crippen molar-refractivity contribution in [1.29, 1.82) is 0 Å². The minimum atomic E-state index is -1.10. The topological polar surface area (TPSA) is 61.8 Å². The van der Waals surface area contributed by atoms with Crippen LogP contribution in [0.5, 0.6) is 0 Å². The van der Waals surface area contributed by atoms with E-state index in [1.807, 2.05) is 0 Å². The number of unbranched alkanes of at least 4 members (excludes halogenated alkanes) is 26. The van der Waals surface area contributed by atoms with Crippen LogP contribution in [-0.2, 0) is 23.8 Å². The van der Waals surface area contributed by atoms with Gasteiger partial charge in [-0.1, -0.05) is 181 Å². The molecule has 0 radical (unpaired) electrons. The molecule has 0 aromatic heterocycles. The molecule has 264 valence electrons. The van der Waals surface area contributed by atoms with Gasteiger partial charge in [0.25, 0.3) is 0 Å². The molecule has 2 fully saturated rings. The van der Waals surface area contributed by atoms with E-state index in [2.05, 4.69) is 13.8 Å². The van der Waals surface area contributed by atoms with Crippen molar-refractivity contribution < 1.29 is 23.8 Å². The Balaban J connectivity index is 1.44. The third kappa shape index (κ3) is 17.6. The van der Waals surface area contributed by atoms with Gasteiger partial charge in [0.05, 0.1) is 25.2 Å². The molecule has 0 N–H and O–H groups in total. The molecule has 3 atom stereocenters. The van der Waals surface area contributed by atoms with Crippen LogP contribution in [0.1, 0.15) is 213 Å². The number of fused-ring (bicyclic) bond motifs is 2. The first kappa shape index (κ1) is 40.1. The first-order valence-corrected chi connectivity index (χ1v) is 20.2. The van der Waals surface area contributed by atoms with E-state index in [1.165, 1.54) is 154 Å². The zero-order valence-electron chi connectivity index (χ0n) is 30.0. The summed E-state index contributed by atoms with van der Waals surface area (Å²) in [5.74, 6) is -1.11. The second kappa shape index (κ2) is 26.9. The molecule has 5 heteroatoms. The zero-order chi connectivity index (χ0) is 32.3. The van der Waals surface area contributed by atoms with Crippen LogP contribution in [0, 0.1) is 5.92 Å². The molecule has 0 amide bonds. The van der Waals surface area contributed by atoms with Gasteiger partial charge in [0.1, 0.15) is 0 Å². The van der Waals surface area contributed by atoms with Crippen LogP contribution >= 0.6 is 0 Å². The van der Waals surface area contributed by atoms with E-state index in [1.54, 1.807) is 0 Å². The van der Waals surface area contributed by atoms with Gasteiger partial charge in [0.2, 0.25) is 0 Å². The highest BCUT2D eigenvalue weighted by Crippen LogP contribution is 2.49. The number of carbonyl (C=O) groups is 2. The lowest BCUT2D eigenvalue weighted by Gasteiger charge is -2.29. The highest BCUT2D eigenvalue weighted by Gasteiger charge is 2.62. The average Bonchev–Trinajstić information content (AvgIpc) is 3.65. The van der Waals surface area contributed by atoms with Crippen molar-refractivity contribution in [3.05, 3.63) is 0 Å². The molecular formula is C40H74O5. The summed E-state index contributed by atoms with van der Waals surface area (Å²) in [6, 6.07) is 0. The van der Waals surface area contributed by atoms with E-state index in [0.717, 1.165) is 32.1 Å². The third-order valence-electron chi connectivity index (χ3n) is 10.4. The van der Waals surface area contributed by atoms with Gasteiger partial charge in [-0.15, -0.1) is 0 Å². The van der Waals surface area contributed by atoms with Crippen molar-refractivity contribution in [3.63, 3.8) is 0 Å². The van der Waals surface area contributed by atoms with Gasteiger partial charge < -0.3 is 14.2 Å². The molecule has 0 spiro atoms. The Morgan fingerprint density at radius 3 is 1.27 bits per heavy atom. The van der Waals surface area contributed by atoms with E-state index in [-0.39, 0.29) is 18.0 Å². The number of hydrogen-bond acceptors (Lipinski definition) is 5. The molecule has 5 nitrogen and oxygen atoms in total. The number of esters is 2. The van der Waals surface area contributed by atoms with Crippen LogP contribution in [0.2, 0.25) is 0 Å². The normalized spacial score (nSPS) is 20.6. The summed E-state index contributed by atoms with van der Waals surface area (Å²) in [4.78, 5) is 26.1. The second-order valence-corrected chi connectivity index (χ2v) is 14.5. The fourth-order valence-electron chi connectivity index (χ4n) is 7.40. The van der Waals surface area contributed by atoms with Crippen LogP contribution in [0.3, 0.4) is 0 Å². The molecule has 0 aliphatic carbocycles. The van der Waals surface area contributed by atoms with Gasteiger partial charge in [-0.05, 0) is 32.1 Å². The molecule has 2 rings (SSSR count). The van der Waals surface area contributed by atoms with Crippen LogP contribution in [0.25, 0.3) is 0 Å². The van der Waals surface area contributed by atoms with Gasteiger partial charge in [0, 0.05) is 0 Å². The fourth-order valence-corrected chi connectivity index (χ4v) is 7.40. The number of ether oxygens (including phenoxy) is 3. The average molecular weight is 635 g/mol. The maximum atomic E-state index is 13.1. The van der Waals surface area contributed by atoms with Crippen molar-refractivity contribution >= 4 is 11.9 Å². The maximum Gasteiger partial charge on any atom is 0.339 e. The summed E-state index contributed by atoms with van der Waals surface area (Å²) in [7, 11) is 0. The summed E-state index contributed by atoms with van der Waals surface area (Å²) < 4.78 is 17.4. The summed E-state index contributed by atoms with van der Waals surface area (Å²) in [6.45, 7) is 5.42. The van der Waals surface area contributed by atoms with Crippen LogP contribution in [-0.4, -0.2) is 36.9 Å². The maximum absolute atomic E-state index is 13.1. The van der Waals surface area contributed by atoms with Crippen molar-refractivity contribution in [2.45, 2.75) is 225 Å². The van der Waals surface area contributed by atoms with Crippen molar-refractivity contribution in [1.82, 2.24) is 0 Å². The number of hydrogen-bond donors (Lipinski definition) is 0. The Kier molecular flexibility index (Phi) is 24.0. The molecule has 2 bridgehead atoms. The predicted octanol–water partition coefficient (Wildman–Crippen LogP) is 12.0. The Hall–Kier alpha value is -1.10. The lowest BCUT2D eigenvalue weighted by atomic mass is 9.78. The van der Waals surface area contributed by atoms with Crippen LogP contribution < -0.4 is 0 Å². The smallest absolute Gasteiger partial charge is 0.339 e. The summed E-state index contributed by atoms with van der Waals surface area (Å²) in [5.41, 5.74) is -1.10. The van der Waals surface area contributed by atoms with E-state index < -0.39 is 11.5 Å². The Morgan fingerprint density at radius 2 is 0.889 bits per heavy atom. The molecule has 45 heavy (non-hydrogen) atoms. The summed E-state index contributed by atoms with van der Waals surface area (Å²) in [6.07, 6.45) is 38.5. The second-order valence-electron chi connectivity index (χ2n) is 14.5. The minimum Gasteiger partial charge on any atom is -0.465 e. The summed E-state index contributed by atoms with van der Waals surface area (Å²) >= 11 is 0. The molecular weight excluding hydrogens is 560 g/mol. The molecule has 2 aliphatic rings. The van der Waals surface area contributed by atoms with Gasteiger partial charge in [-0.25, -0.2) is 4.79 Å². The molecule has 2 heterocycles. The number of carbonyl (C=O) groups excluding carboxylic acids is 2. The highest BCUT2D eigenvalue weighted by atomic mass is 16.6. The predicted molar refractivity (Wildman–Crippen MR) is 187 cm³/mol. The van der Waals surface area contributed by atoms with E-state index >= 15 is 0 Å². The van der Waals surface area contributed by atoms with Crippen molar-refractivity contribution in [2.24, 2.45) is 5.92 Å². The van der Waals surface area contributed by atoms with Gasteiger partial charge in [-0.2, -0.15) is 0 Å². The molecule has 2 saturated heterocycles. The van der Waals surface area contributed by atoms with Gasteiger partial charge in [-0.3, -0.25) is 4.79 Å². The first-order chi connectivity index (χ1) is 22.1. The standard InChI is InChI=1S/C40H74O5/c1-3-5-7-9-11-13-15-17-19-21-23-25-27-29-33-43-38(41)37-35-36-31-32-40(37,45-36)39(42)44-34-30-28-26-24-22-20-18-16-14-12-10-8-6-4-2/h36-37H,3-35H2,1-2H3. The highest BCUT2D eigenvalue weighted by molar-refractivity contribution is 5.89. The fraction of sp³-hybridized carbons (Fsp3) is 0.950. The Labute approximate surface area is 279 Å².